The Balaban J connectivity index is 2.04. The SMILES string of the molecule is CC(=O)c1cc(C(C)(C)C)c(O)c2c1CC1CC3C(N(C)C)C(=O)C(C(N)=O)=C(O)C3(O)C(=O)C1=C2O. The van der Waals surface area contributed by atoms with Crippen LogP contribution in [0.3, 0.4) is 0 Å². The van der Waals surface area contributed by atoms with E-state index in [0.29, 0.717) is 16.7 Å². The molecule has 10 nitrogen and oxygen atoms in total. The lowest BCUT2D eigenvalue weighted by molar-refractivity contribution is -0.153. The van der Waals surface area contributed by atoms with Gasteiger partial charge in [-0.25, -0.2) is 0 Å². The molecule has 4 rings (SSSR count). The molecule has 0 saturated heterocycles. The number of carbonyl (C=O) groups is 4. The van der Waals surface area contributed by atoms with Gasteiger partial charge in [0.05, 0.1) is 11.6 Å². The molecule has 0 aliphatic heterocycles. The summed E-state index contributed by atoms with van der Waals surface area (Å²) in [4.78, 5) is 53.2. The fourth-order valence-corrected chi connectivity index (χ4v) is 6.20. The van der Waals surface area contributed by atoms with Crippen LogP contribution in [0.1, 0.15) is 61.2 Å². The molecule has 4 atom stereocenters. The molecule has 1 aromatic carbocycles. The molecule has 6 N–H and O–H groups in total. The van der Waals surface area contributed by atoms with E-state index in [1.54, 1.807) is 6.07 Å². The maximum absolute atomic E-state index is 13.9. The van der Waals surface area contributed by atoms with Crippen molar-refractivity contribution in [3.8, 4) is 5.75 Å². The lowest BCUT2D eigenvalue weighted by Crippen LogP contribution is -2.65. The molecule has 0 heterocycles. The Morgan fingerprint density at radius 2 is 1.73 bits per heavy atom. The van der Waals surface area contributed by atoms with Gasteiger partial charge in [-0.15, -0.1) is 0 Å². The van der Waals surface area contributed by atoms with Gasteiger partial charge < -0.3 is 26.2 Å². The van der Waals surface area contributed by atoms with Crippen molar-refractivity contribution < 1.29 is 39.6 Å². The number of phenols is 1. The molecule has 1 saturated carbocycles. The van der Waals surface area contributed by atoms with Gasteiger partial charge >= 0.3 is 0 Å². The Bertz CT molecular complexity index is 1350. The largest absolute Gasteiger partial charge is 0.508 e. The first-order chi connectivity index (χ1) is 17.0. The monoisotopic (exact) mass is 512 g/mol. The standard InChI is InChI=1S/C27H32N2O8/c1-10(30)12-9-15(26(2,3)4)20(31)17-13(12)7-11-8-14-19(29(5)6)22(33)18(25(28)36)24(35)27(14,37)23(34)16(11)21(17)32/h9,11,14,19,31-32,35,37H,7-8H2,1-6H3,(H2,28,36). The van der Waals surface area contributed by atoms with E-state index in [4.69, 9.17) is 5.73 Å². The highest BCUT2D eigenvalue weighted by Crippen LogP contribution is 2.54. The number of nitrogens with two attached hydrogens (primary N) is 1. The molecule has 3 aliphatic rings. The summed E-state index contributed by atoms with van der Waals surface area (Å²) in [6, 6.07) is 0.428. The van der Waals surface area contributed by atoms with Gasteiger partial charge in [0.1, 0.15) is 22.8 Å². The minimum atomic E-state index is -2.70. The normalized spacial score (nSPS) is 27.7. The number of aliphatic hydroxyl groups is 3. The summed E-state index contributed by atoms with van der Waals surface area (Å²) in [7, 11) is 3.07. The number of primary amides is 1. The Labute approximate surface area is 214 Å². The number of carbonyl (C=O) groups excluding carboxylic acids is 4. The van der Waals surface area contributed by atoms with Gasteiger partial charge in [0.25, 0.3) is 5.91 Å². The number of aromatic hydroxyl groups is 1. The first kappa shape index (κ1) is 26.6. The molecule has 198 valence electrons. The van der Waals surface area contributed by atoms with Crippen molar-refractivity contribution in [1.82, 2.24) is 4.90 Å². The van der Waals surface area contributed by atoms with Crippen molar-refractivity contribution in [2.24, 2.45) is 17.6 Å². The van der Waals surface area contributed by atoms with Crippen LogP contribution in [0.25, 0.3) is 5.76 Å². The average molecular weight is 513 g/mol. The van der Waals surface area contributed by atoms with Crippen LogP contribution in [0.5, 0.6) is 5.75 Å². The zero-order chi connectivity index (χ0) is 27.9. The third kappa shape index (κ3) is 3.53. The van der Waals surface area contributed by atoms with Crippen LogP contribution in [0.4, 0.5) is 0 Å². The number of likely N-dealkylation sites (N-methyl/N-ethyl adjacent to an activating group) is 1. The van der Waals surface area contributed by atoms with E-state index in [2.05, 4.69) is 0 Å². The Kier molecular flexibility index (Phi) is 5.93. The molecule has 10 heteroatoms. The van der Waals surface area contributed by atoms with Crippen LogP contribution in [-0.4, -0.2) is 74.3 Å². The zero-order valence-electron chi connectivity index (χ0n) is 21.7. The summed E-state index contributed by atoms with van der Waals surface area (Å²) in [6.45, 7) is 6.84. The zero-order valence-corrected chi connectivity index (χ0v) is 21.7. The number of aliphatic hydroxyl groups excluding tert-OH is 2. The fraction of sp³-hybridized carbons (Fsp3) is 0.481. The lowest BCUT2D eigenvalue weighted by Gasteiger charge is -2.50. The van der Waals surface area contributed by atoms with E-state index in [1.165, 1.54) is 25.9 Å². The lowest BCUT2D eigenvalue weighted by atomic mass is 9.57. The van der Waals surface area contributed by atoms with Crippen molar-refractivity contribution in [1.29, 1.82) is 0 Å². The van der Waals surface area contributed by atoms with Crippen LogP contribution >= 0.6 is 0 Å². The molecule has 1 aromatic rings. The van der Waals surface area contributed by atoms with Gasteiger partial charge in [-0.05, 0) is 56.8 Å². The third-order valence-corrected chi connectivity index (χ3v) is 7.91. The molecule has 1 fully saturated rings. The molecule has 0 bridgehead atoms. The van der Waals surface area contributed by atoms with Crippen molar-refractivity contribution in [2.45, 2.75) is 57.6 Å². The van der Waals surface area contributed by atoms with Crippen LogP contribution in [-0.2, 0) is 26.2 Å². The molecule has 37 heavy (non-hydrogen) atoms. The topological polar surface area (TPSA) is 178 Å². The summed E-state index contributed by atoms with van der Waals surface area (Å²) in [6.07, 6.45) is 0.0341. The first-order valence-corrected chi connectivity index (χ1v) is 12.0. The van der Waals surface area contributed by atoms with Gasteiger partial charge in [-0.3, -0.25) is 24.1 Å². The molecular formula is C27H32N2O8. The highest BCUT2D eigenvalue weighted by Gasteiger charge is 2.64. The quantitative estimate of drug-likeness (QED) is 0.296. The van der Waals surface area contributed by atoms with E-state index >= 15 is 0 Å². The smallest absolute Gasteiger partial charge is 0.255 e. The second-order valence-electron chi connectivity index (χ2n) is 11.4. The van der Waals surface area contributed by atoms with Crippen molar-refractivity contribution in [3.05, 3.63) is 45.2 Å². The Hall–Kier alpha value is -3.50. The molecule has 1 amide bonds. The molecule has 4 unspecified atom stereocenters. The average Bonchev–Trinajstić information content (AvgIpc) is 2.74. The number of hydrogen-bond donors (Lipinski definition) is 5. The van der Waals surface area contributed by atoms with Gasteiger partial charge in [-0.2, -0.15) is 0 Å². The molecule has 0 radical (unpaired) electrons. The first-order valence-electron chi connectivity index (χ1n) is 12.0. The van der Waals surface area contributed by atoms with Gasteiger partial charge in [0, 0.05) is 22.6 Å². The van der Waals surface area contributed by atoms with E-state index in [0.717, 1.165) is 0 Å². The number of nitrogens with zero attached hydrogens (tertiary/aromatic N) is 1. The third-order valence-electron chi connectivity index (χ3n) is 7.91. The second-order valence-corrected chi connectivity index (χ2v) is 11.4. The van der Waals surface area contributed by atoms with Gasteiger partial charge in [0.2, 0.25) is 5.78 Å². The van der Waals surface area contributed by atoms with Crippen LogP contribution in [0, 0.1) is 11.8 Å². The van der Waals surface area contributed by atoms with Crippen molar-refractivity contribution in [3.63, 3.8) is 0 Å². The van der Waals surface area contributed by atoms with Crippen molar-refractivity contribution >= 4 is 29.0 Å². The number of amides is 1. The van der Waals surface area contributed by atoms with E-state index in [-0.39, 0.29) is 35.5 Å². The summed E-state index contributed by atoms with van der Waals surface area (Å²) in [5, 5.41) is 45.2. The summed E-state index contributed by atoms with van der Waals surface area (Å²) >= 11 is 0. The molecule has 3 aliphatic carbocycles. The fourth-order valence-electron chi connectivity index (χ4n) is 6.20. The molecular weight excluding hydrogens is 480 g/mol. The summed E-state index contributed by atoms with van der Waals surface area (Å²) in [5.74, 6) is -7.43. The minimum Gasteiger partial charge on any atom is -0.508 e. The van der Waals surface area contributed by atoms with E-state index in [9.17, 15) is 39.6 Å². The Morgan fingerprint density at radius 3 is 2.22 bits per heavy atom. The maximum Gasteiger partial charge on any atom is 0.255 e. The predicted octanol–water partition coefficient (Wildman–Crippen LogP) is 1.46. The summed E-state index contributed by atoms with van der Waals surface area (Å²) < 4.78 is 0. The highest BCUT2D eigenvalue weighted by molar-refractivity contribution is 6.24. The number of rotatable bonds is 3. The maximum atomic E-state index is 13.9. The van der Waals surface area contributed by atoms with Crippen LogP contribution in [0.2, 0.25) is 0 Å². The number of benzene rings is 1. The Morgan fingerprint density at radius 1 is 1.14 bits per heavy atom. The number of ketones is 3. The number of phenolic OH excluding ortho intramolecular Hbond substituents is 1. The minimum absolute atomic E-state index is 0.0368. The highest BCUT2D eigenvalue weighted by atomic mass is 16.3. The number of fused-ring (bicyclic) bond motifs is 3. The van der Waals surface area contributed by atoms with E-state index < -0.39 is 63.5 Å². The van der Waals surface area contributed by atoms with Crippen LogP contribution < -0.4 is 5.73 Å². The number of hydrogen-bond acceptors (Lipinski definition) is 9. The van der Waals surface area contributed by atoms with E-state index in [1.807, 2.05) is 20.8 Å². The summed E-state index contributed by atoms with van der Waals surface area (Å²) in [5.41, 5.74) is 1.87. The van der Waals surface area contributed by atoms with Gasteiger partial charge in [-0.1, -0.05) is 20.8 Å². The van der Waals surface area contributed by atoms with Gasteiger partial charge in [0.15, 0.2) is 17.2 Å². The van der Waals surface area contributed by atoms with Crippen LogP contribution in [0.15, 0.2) is 23.0 Å². The number of Topliss-reactive ketones (excluding diaryl/α,β-unsaturated/α-hetero) is 3. The molecule has 0 aromatic heterocycles. The predicted molar refractivity (Wildman–Crippen MR) is 133 cm³/mol. The second kappa shape index (κ2) is 8.26. The molecule has 0 spiro atoms. The van der Waals surface area contributed by atoms with Crippen molar-refractivity contribution in [2.75, 3.05) is 14.1 Å².